The Morgan fingerprint density at radius 3 is 2.12 bits per heavy atom. The third-order valence-electron chi connectivity index (χ3n) is 7.56. The van der Waals surface area contributed by atoms with Gasteiger partial charge in [-0.3, -0.25) is 24.0 Å². The van der Waals surface area contributed by atoms with Crippen molar-refractivity contribution in [1.29, 1.82) is 0 Å². The van der Waals surface area contributed by atoms with Gasteiger partial charge >= 0.3 is 0 Å². The summed E-state index contributed by atoms with van der Waals surface area (Å²) in [6.07, 6.45) is 5.46. The molecule has 0 radical (unpaired) electrons. The van der Waals surface area contributed by atoms with Gasteiger partial charge in [0.2, 0.25) is 11.8 Å². The van der Waals surface area contributed by atoms with Crippen molar-refractivity contribution >= 4 is 33.2 Å². The van der Waals surface area contributed by atoms with Crippen LogP contribution in [-0.4, -0.2) is 55.2 Å². The highest BCUT2D eigenvalue weighted by Gasteiger charge is 2.33. The van der Waals surface area contributed by atoms with Crippen LogP contribution in [0.5, 0.6) is 0 Å². The van der Waals surface area contributed by atoms with Crippen LogP contribution in [0.15, 0.2) is 89.8 Å². The molecule has 222 valence electrons. The van der Waals surface area contributed by atoms with E-state index in [4.69, 9.17) is 0 Å². The van der Waals surface area contributed by atoms with Crippen molar-refractivity contribution < 1.29 is 22.9 Å². The summed E-state index contributed by atoms with van der Waals surface area (Å²) in [5.41, 5.74) is 0.860. The van der Waals surface area contributed by atoms with Crippen LogP contribution in [-0.2, 0) is 26.0 Å². The largest absolute Gasteiger partial charge is 0.352 e. The second kappa shape index (κ2) is 14.1. The van der Waals surface area contributed by atoms with E-state index in [0.717, 1.165) is 42.0 Å². The zero-order valence-corrected chi connectivity index (χ0v) is 24.4. The van der Waals surface area contributed by atoms with Gasteiger partial charge in [0, 0.05) is 24.7 Å². The zero-order valence-electron chi connectivity index (χ0n) is 23.6. The fraction of sp³-hybridized carbons (Fsp3) is 0.355. The number of nitrogens with zero attached hydrogens (tertiary/aromatic N) is 3. The molecule has 1 N–H and O–H groups in total. The number of carbonyl (C=O) groups is 2. The summed E-state index contributed by atoms with van der Waals surface area (Å²) in [6.45, 7) is 1.26. The van der Waals surface area contributed by atoms with Crippen molar-refractivity contribution in [3.63, 3.8) is 0 Å². The van der Waals surface area contributed by atoms with Gasteiger partial charge in [0.15, 0.2) is 0 Å². The molecule has 3 aromatic carbocycles. The van der Waals surface area contributed by atoms with Crippen LogP contribution in [0.4, 0.5) is 11.4 Å². The molecule has 0 heterocycles. The van der Waals surface area contributed by atoms with E-state index in [9.17, 15) is 28.1 Å². The van der Waals surface area contributed by atoms with Crippen molar-refractivity contribution in [2.24, 2.45) is 0 Å². The minimum absolute atomic E-state index is 0.0323. The van der Waals surface area contributed by atoms with Crippen LogP contribution >= 0.6 is 0 Å². The Balaban J connectivity index is 1.64. The number of anilines is 1. The van der Waals surface area contributed by atoms with Gasteiger partial charge in [-0.15, -0.1) is 0 Å². The summed E-state index contributed by atoms with van der Waals surface area (Å²) >= 11 is 0. The van der Waals surface area contributed by atoms with Gasteiger partial charge in [0.1, 0.15) is 12.6 Å². The summed E-state index contributed by atoms with van der Waals surface area (Å²) < 4.78 is 28.5. The maximum atomic E-state index is 14.0. The second-order valence-electron chi connectivity index (χ2n) is 10.4. The van der Waals surface area contributed by atoms with E-state index >= 15 is 0 Å². The molecular formula is C31H36N4O6S. The van der Waals surface area contributed by atoms with Crippen molar-refractivity contribution in [2.75, 3.05) is 17.4 Å². The molecule has 42 heavy (non-hydrogen) atoms. The quantitative estimate of drug-likeness (QED) is 0.240. The standard InChI is InChI=1S/C31H36N4O6S/c1-24(31(37)32-26-13-7-3-8-14-26)33(22-21-25-11-5-2-6-12-25)30(36)23-34(27-17-19-28(20-18-27)35(38)39)42(40,41)29-15-9-4-10-16-29/h2,4-6,9-12,15-20,24,26H,3,7-8,13-14,21-23H2,1H3,(H,32,37)/t24-/m1/s1. The Kier molecular flexibility index (Phi) is 10.3. The van der Waals surface area contributed by atoms with Crippen molar-refractivity contribution in [1.82, 2.24) is 10.2 Å². The van der Waals surface area contributed by atoms with Gasteiger partial charge in [-0.05, 0) is 56.0 Å². The third-order valence-corrected chi connectivity index (χ3v) is 9.35. The molecule has 3 aromatic rings. The molecule has 1 atom stereocenters. The average Bonchev–Trinajstić information content (AvgIpc) is 3.01. The van der Waals surface area contributed by atoms with E-state index in [1.54, 1.807) is 25.1 Å². The van der Waals surface area contributed by atoms with Crippen LogP contribution in [0.25, 0.3) is 0 Å². The second-order valence-corrected chi connectivity index (χ2v) is 12.3. The van der Waals surface area contributed by atoms with Crippen LogP contribution in [0, 0.1) is 10.1 Å². The predicted molar refractivity (Wildman–Crippen MR) is 160 cm³/mol. The minimum Gasteiger partial charge on any atom is -0.352 e. The first-order valence-corrected chi connectivity index (χ1v) is 15.6. The smallest absolute Gasteiger partial charge is 0.269 e. The molecule has 1 aliphatic carbocycles. The Labute approximate surface area is 246 Å². The molecular weight excluding hydrogens is 556 g/mol. The predicted octanol–water partition coefficient (Wildman–Crippen LogP) is 4.70. The fourth-order valence-corrected chi connectivity index (χ4v) is 6.56. The lowest BCUT2D eigenvalue weighted by Crippen LogP contribution is -2.53. The lowest BCUT2D eigenvalue weighted by molar-refractivity contribution is -0.384. The van der Waals surface area contributed by atoms with E-state index in [0.29, 0.717) is 6.42 Å². The van der Waals surface area contributed by atoms with Crippen LogP contribution in [0.3, 0.4) is 0 Å². The maximum Gasteiger partial charge on any atom is 0.269 e. The highest BCUT2D eigenvalue weighted by molar-refractivity contribution is 7.92. The molecule has 2 amide bonds. The number of amides is 2. The number of nitro benzene ring substituents is 1. The van der Waals surface area contributed by atoms with Gasteiger partial charge in [0.25, 0.3) is 15.7 Å². The van der Waals surface area contributed by atoms with E-state index < -0.39 is 33.4 Å². The number of rotatable bonds is 12. The Morgan fingerprint density at radius 2 is 1.52 bits per heavy atom. The van der Waals surface area contributed by atoms with Crippen LogP contribution in [0.2, 0.25) is 0 Å². The summed E-state index contributed by atoms with van der Waals surface area (Å²) in [5, 5.41) is 14.3. The molecule has 0 spiro atoms. The summed E-state index contributed by atoms with van der Waals surface area (Å²) in [6, 6.07) is 21.4. The molecule has 1 fully saturated rings. The Hall–Kier alpha value is -4.25. The first kappa shape index (κ1) is 30.7. The Bertz CT molecular complexity index is 1460. The topological polar surface area (TPSA) is 130 Å². The SMILES string of the molecule is C[C@H](C(=O)NC1CCCCC1)N(CCc1ccccc1)C(=O)CN(c1ccc([N+](=O)[O-])cc1)S(=O)(=O)c1ccccc1. The summed E-state index contributed by atoms with van der Waals surface area (Å²) in [4.78, 5) is 39.3. The van der Waals surface area contributed by atoms with Gasteiger partial charge in [-0.1, -0.05) is 67.8 Å². The molecule has 0 bridgehead atoms. The summed E-state index contributed by atoms with van der Waals surface area (Å²) in [5.74, 6) is -0.841. The highest BCUT2D eigenvalue weighted by Crippen LogP contribution is 2.26. The zero-order chi connectivity index (χ0) is 30.1. The molecule has 1 saturated carbocycles. The molecule has 10 nitrogen and oxygen atoms in total. The van der Waals surface area contributed by atoms with Crippen LogP contribution in [0.1, 0.15) is 44.6 Å². The summed E-state index contributed by atoms with van der Waals surface area (Å²) in [7, 11) is -4.24. The number of benzene rings is 3. The third kappa shape index (κ3) is 7.73. The van der Waals surface area contributed by atoms with E-state index in [-0.39, 0.29) is 34.8 Å². The maximum absolute atomic E-state index is 14.0. The van der Waals surface area contributed by atoms with E-state index in [1.807, 2.05) is 30.3 Å². The lowest BCUT2D eigenvalue weighted by Gasteiger charge is -2.33. The number of nitrogens with one attached hydrogen (secondary N) is 1. The van der Waals surface area contributed by atoms with E-state index in [1.165, 1.54) is 41.3 Å². The number of sulfonamides is 1. The highest BCUT2D eigenvalue weighted by atomic mass is 32.2. The number of hydrogen-bond acceptors (Lipinski definition) is 6. The monoisotopic (exact) mass is 592 g/mol. The fourth-order valence-electron chi connectivity index (χ4n) is 5.13. The molecule has 1 aliphatic rings. The Morgan fingerprint density at radius 1 is 0.929 bits per heavy atom. The van der Waals surface area contributed by atoms with Crippen molar-refractivity contribution in [2.45, 2.75) is 62.4 Å². The molecule has 0 aliphatic heterocycles. The first-order chi connectivity index (χ1) is 20.2. The number of non-ortho nitro benzene ring substituents is 1. The van der Waals surface area contributed by atoms with Gasteiger partial charge in [-0.2, -0.15) is 0 Å². The lowest BCUT2D eigenvalue weighted by atomic mass is 9.95. The van der Waals surface area contributed by atoms with Crippen molar-refractivity contribution in [3.05, 3.63) is 101 Å². The normalized spacial score (nSPS) is 14.5. The molecule has 0 unspecified atom stereocenters. The minimum atomic E-state index is -4.24. The molecule has 0 aromatic heterocycles. The number of hydrogen-bond donors (Lipinski definition) is 1. The molecule has 4 rings (SSSR count). The number of carbonyl (C=O) groups excluding carboxylic acids is 2. The number of nitro groups is 1. The van der Waals surface area contributed by atoms with Gasteiger partial charge < -0.3 is 10.2 Å². The van der Waals surface area contributed by atoms with Crippen molar-refractivity contribution in [3.8, 4) is 0 Å². The van der Waals surface area contributed by atoms with E-state index in [2.05, 4.69) is 5.32 Å². The first-order valence-electron chi connectivity index (χ1n) is 14.1. The molecule has 0 saturated heterocycles. The van der Waals surface area contributed by atoms with Gasteiger partial charge in [-0.25, -0.2) is 8.42 Å². The van der Waals surface area contributed by atoms with Crippen LogP contribution < -0.4 is 9.62 Å². The average molecular weight is 593 g/mol. The van der Waals surface area contributed by atoms with Gasteiger partial charge in [0.05, 0.1) is 15.5 Å². The molecule has 11 heteroatoms.